The maximum absolute atomic E-state index is 6.49. The molecule has 0 spiro atoms. The monoisotopic (exact) mass is 494 g/mol. The van der Waals surface area contributed by atoms with Gasteiger partial charge >= 0.3 is 0 Å². The van der Waals surface area contributed by atoms with Crippen molar-refractivity contribution in [2.75, 3.05) is 0 Å². The van der Waals surface area contributed by atoms with Crippen molar-refractivity contribution in [3.05, 3.63) is 133 Å². The summed E-state index contributed by atoms with van der Waals surface area (Å²) in [5.41, 5.74) is 4.88. The Labute approximate surface area is 225 Å². The normalized spacial score (nSPS) is 12.3. The van der Waals surface area contributed by atoms with Crippen LogP contribution in [0.5, 0.6) is 11.5 Å². The number of para-hydroxylation sites is 1. The van der Waals surface area contributed by atoms with Crippen molar-refractivity contribution in [2.45, 2.75) is 0 Å². The van der Waals surface area contributed by atoms with Crippen molar-refractivity contribution in [3.63, 3.8) is 0 Å². The highest BCUT2D eigenvalue weighted by molar-refractivity contribution is 6.23. The Kier molecular flexibility index (Phi) is 4.11. The lowest BCUT2D eigenvalue weighted by Gasteiger charge is -2.24. The molecule has 0 bridgehead atoms. The van der Waals surface area contributed by atoms with Crippen LogP contribution in [0.3, 0.4) is 0 Å². The smallest absolute Gasteiger partial charge is 0.136 e. The van der Waals surface area contributed by atoms with Crippen LogP contribution in [-0.4, -0.2) is 0 Å². The largest absolute Gasteiger partial charge is 0.456 e. The van der Waals surface area contributed by atoms with Gasteiger partial charge in [0.25, 0.3) is 0 Å². The highest BCUT2D eigenvalue weighted by Crippen LogP contribution is 2.51. The lowest BCUT2D eigenvalue weighted by Crippen LogP contribution is -1.98. The summed E-state index contributed by atoms with van der Waals surface area (Å²) in [7, 11) is 0. The van der Waals surface area contributed by atoms with Gasteiger partial charge in [0.05, 0.1) is 0 Å². The summed E-state index contributed by atoms with van der Waals surface area (Å²) in [5, 5.41) is 12.5. The molecule has 1 aliphatic rings. The Hall–Kier alpha value is -5.14. The minimum Gasteiger partial charge on any atom is -0.456 e. The lowest BCUT2D eigenvalue weighted by molar-refractivity contribution is 0.487. The predicted molar refractivity (Wildman–Crippen MR) is 165 cm³/mol. The standard InChI is InChI=1S/C38H22O/c1-4-12-27-23(9-1)17-18-31-32(27)19-24-10-3-6-14-29(24)37(31)26-20-33-28-13-5-2-11-25(28)22-36-38(33)34(21-26)30-15-7-8-16-35(30)39-36/h1-22H. The molecule has 0 aromatic heterocycles. The quantitative estimate of drug-likeness (QED) is 0.163. The number of benzene rings is 8. The Morgan fingerprint density at radius 1 is 0.359 bits per heavy atom. The van der Waals surface area contributed by atoms with Crippen LogP contribution in [0.25, 0.3) is 76.1 Å². The highest BCUT2D eigenvalue weighted by atomic mass is 16.5. The molecule has 0 saturated carbocycles. The summed E-state index contributed by atoms with van der Waals surface area (Å²) in [6, 6.07) is 48.5. The van der Waals surface area contributed by atoms with Gasteiger partial charge in [0, 0.05) is 10.9 Å². The van der Waals surface area contributed by atoms with Crippen molar-refractivity contribution >= 4 is 53.9 Å². The van der Waals surface area contributed by atoms with E-state index >= 15 is 0 Å². The van der Waals surface area contributed by atoms with E-state index in [1.165, 1.54) is 70.6 Å². The van der Waals surface area contributed by atoms with Crippen LogP contribution in [0.1, 0.15) is 0 Å². The van der Waals surface area contributed by atoms with E-state index < -0.39 is 0 Å². The van der Waals surface area contributed by atoms with E-state index in [1.54, 1.807) is 0 Å². The van der Waals surface area contributed by atoms with Gasteiger partial charge in [-0.25, -0.2) is 0 Å². The topological polar surface area (TPSA) is 9.23 Å². The first-order valence-corrected chi connectivity index (χ1v) is 13.4. The van der Waals surface area contributed by atoms with Gasteiger partial charge in [-0.1, -0.05) is 103 Å². The minimum absolute atomic E-state index is 0.910. The predicted octanol–water partition coefficient (Wildman–Crippen LogP) is 10.9. The number of hydrogen-bond acceptors (Lipinski definition) is 1. The van der Waals surface area contributed by atoms with Gasteiger partial charge in [-0.3, -0.25) is 0 Å². The molecular weight excluding hydrogens is 472 g/mol. The molecule has 180 valence electrons. The van der Waals surface area contributed by atoms with E-state index in [4.69, 9.17) is 4.74 Å². The van der Waals surface area contributed by atoms with E-state index in [2.05, 4.69) is 133 Å². The van der Waals surface area contributed by atoms with Crippen LogP contribution < -0.4 is 4.74 Å². The molecule has 9 rings (SSSR count). The molecule has 0 fully saturated rings. The van der Waals surface area contributed by atoms with E-state index in [0.717, 1.165) is 17.1 Å². The molecule has 8 aromatic rings. The zero-order valence-electron chi connectivity index (χ0n) is 21.1. The third kappa shape index (κ3) is 2.90. The maximum Gasteiger partial charge on any atom is 0.136 e. The summed E-state index contributed by atoms with van der Waals surface area (Å²) < 4.78 is 6.49. The summed E-state index contributed by atoms with van der Waals surface area (Å²) in [4.78, 5) is 0. The second-order valence-corrected chi connectivity index (χ2v) is 10.5. The molecule has 0 aliphatic carbocycles. The van der Waals surface area contributed by atoms with E-state index in [1.807, 2.05) is 0 Å². The second-order valence-electron chi connectivity index (χ2n) is 10.5. The first kappa shape index (κ1) is 20.9. The molecule has 0 amide bonds. The molecule has 1 heteroatoms. The number of hydrogen-bond donors (Lipinski definition) is 0. The van der Waals surface area contributed by atoms with Crippen LogP contribution in [0.4, 0.5) is 0 Å². The Balaban J connectivity index is 1.50. The number of ether oxygens (including phenoxy) is 1. The van der Waals surface area contributed by atoms with Gasteiger partial charge < -0.3 is 4.74 Å². The molecule has 0 saturated heterocycles. The van der Waals surface area contributed by atoms with Crippen molar-refractivity contribution < 1.29 is 4.74 Å². The second kappa shape index (κ2) is 7.69. The molecule has 1 heterocycles. The summed E-state index contributed by atoms with van der Waals surface area (Å²) in [6.45, 7) is 0. The van der Waals surface area contributed by atoms with Gasteiger partial charge in [-0.05, 0) is 95.5 Å². The third-order valence-corrected chi connectivity index (χ3v) is 8.38. The van der Waals surface area contributed by atoms with Gasteiger partial charge in [-0.15, -0.1) is 0 Å². The van der Waals surface area contributed by atoms with Crippen molar-refractivity contribution in [2.24, 2.45) is 0 Å². The molecule has 1 nitrogen and oxygen atoms in total. The van der Waals surface area contributed by atoms with Gasteiger partial charge in [0.1, 0.15) is 11.5 Å². The molecule has 0 N–H and O–H groups in total. The summed E-state index contributed by atoms with van der Waals surface area (Å²) in [5.74, 6) is 1.84. The van der Waals surface area contributed by atoms with Gasteiger partial charge in [-0.2, -0.15) is 0 Å². The van der Waals surface area contributed by atoms with Gasteiger partial charge in [0.2, 0.25) is 0 Å². The van der Waals surface area contributed by atoms with Gasteiger partial charge in [0.15, 0.2) is 0 Å². The molecular formula is C38H22O. The fraction of sp³-hybridized carbons (Fsp3) is 0. The number of fused-ring (bicyclic) bond motifs is 8. The SMILES string of the molecule is c1ccc2c(c1)Oc1cc3ccccc3c3cc(-c4c5ccccc5cc5c4ccc4ccccc45)cc-2c13. The highest BCUT2D eigenvalue weighted by Gasteiger charge is 2.23. The van der Waals surface area contributed by atoms with Crippen molar-refractivity contribution in [3.8, 4) is 33.8 Å². The summed E-state index contributed by atoms with van der Waals surface area (Å²) >= 11 is 0. The van der Waals surface area contributed by atoms with Crippen LogP contribution in [0, 0.1) is 0 Å². The third-order valence-electron chi connectivity index (χ3n) is 8.38. The van der Waals surface area contributed by atoms with E-state index in [0.29, 0.717) is 0 Å². The average molecular weight is 495 g/mol. The molecule has 0 unspecified atom stereocenters. The molecule has 8 aromatic carbocycles. The fourth-order valence-electron chi connectivity index (χ4n) is 6.67. The van der Waals surface area contributed by atoms with Crippen molar-refractivity contribution in [1.29, 1.82) is 0 Å². The number of rotatable bonds is 1. The van der Waals surface area contributed by atoms with Crippen molar-refractivity contribution in [1.82, 2.24) is 0 Å². The maximum atomic E-state index is 6.49. The van der Waals surface area contributed by atoms with Crippen LogP contribution >= 0.6 is 0 Å². The van der Waals surface area contributed by atoms with E-state index in [-0.39, 0.29) is 0 Å². The average Bonchev–Trinajstić information content (AvgIpc) is 2.99. The molecule has 0 atom stereocenters. The van der Waals surface area contributed by atoms with Crippen LogP contribution in [0.15, 0.2) is 133 Å². The Morgan fingerprint density at radius 2 is 1.03 bits per heavy atom. The zero-order valence-corrected chi connectivity index (χ0v) is 21.1. The molecule has 1 aliphatic heterocycles. The first-order valence-electron chi connectivity index (χ1n) is 13.4. The minimum atomic E-state index is 0.910. The van der Waals surface area contributed by atoms with Crippen LogP contribution in [0.2, 0.25) is 0 Å². The first-order chi connectivity index (χ1) is 19.3. The molecule has 0 radical (unpaired) electrons. The van der Waals surface area contributed by atoms with Crippen LogP contribution in [-0.2, 0) is 0 Å². The lowest BCUT2D eigenvalue weighted by atomic mass is 9.85. The summed E-state index contributed by atoms with van der Waals surface area (Å²) in [6.07, 6.45) is 0. The zero-order chi connectivity index (χ0) is 25.5. The van der Waals surface area contributed by atoms with E-state index in [9.17, 15) is 0 Å². The fourth-order valence-corrected chi connectivity index (χ4v) is 6.67. The Bertz CT molecular complexity index is 2310. The molecule has 39 heavy (non-hydrogen) atoms. The Morgan fingerprint density at radius 3 is 1.87 bits per heavy atom.